The van der Waals surface area contributed by atoms with Gasteiger partial charge < -0.3 is 10.0 Å². The van der Waals surface area contributed by atoms with Crippen LogP contribution in [0.1, 0.15) is 18.4 Å². The number of hydrogen-bond acceptors (Lipinski definition) is 4. The van der Waals surface area contributed by atoms with E-state index in [1.54, 1.807) is 0 Å². The second kappa shape index (κ2) is 5.08. The zero-order valence-electron chi connectivity index (χ0n) is 10.2. The molecular formula is C12H14F2N2O3. The number of rotatable bonds is 3. The van der Waals surface area contributed by atoms with Crippen molar-refractivity contribution >= 4 is 11.4 Å². The fourth-order valence-electron chi connectivity index (χ4n) is 2.26. The van der Waals surface area contributed by atoms with Crippen molar-refractivity contribution in [1.82, 2.24) is 0 Å². The molecule has 1 aromatic rings. The van der Waals surface area contributed by atoms with Gasteiger partial charge in [0.05, 0.1) is 23.6 Å². The van der Waals surface area contributed by atoms with Crippen molar-refractivity contribution in [2.75, 3.05) is 18.0 Å². The van der Waals surface area contributed by atoms with E-state index in [4.69, 9.17) is 5.11 Å². The van der Waals surface area contributed by atoms with Crippen molar-refractivity contribution in [2.24, 2.45) is 0 Å². The number of nitro groups is 1. The van der Waals surface area contributed by atoms with Crippen LogP contribution in [0.25, 0.3) is 0 Å². The highest BCUT2D eigenvalue weighted by Gasteiger charge is 2.35. The highest BCUT2D eigenvalue weighted by atomic mass is 19.3. The molecule has 19 heavy (non-hydrogen) atoms. The zero-order chi connectivity index (χ0) is 14.0. The Balaban J connectivity index is 2.28. The van der Waals surface area contributed by atoms with E-state index in [0.717, 1.165) is 0 Å². The molecule has 0 bridgehead atoms. The van der Waals surface area contributed by atoms with E-state index in [2.05, 4.69) is 0 Å². The second-order valence-electron chi connectivity index (χ2n) is 4.61. The molecule has 1 aromatic carbocycles. The molecule has 1 heterocycles. The van der Waals surface area contributed by atoms with Gasteiger partial charge in [-0.1, -0.05) is 0 Å². The van der Waals surface area contributed by atoms with Crippen LogP contribution in [-0.2, 0) is 6.61 Å². The van der Waals surface area contributed by atoms with Crippen LogP contribution in [0.3, 0.4) is 0 Å². The summed E-state index contributed by atoms with van der Waals surface area (Å²) in [7, 11) is 0. The largest absolute Gasteiger partial charge is 0.391 e. The Bertz CT molecular complexity index is 494. The third kappa shape index (κ3) is 2.98. The SMILES string of the molecule is O=[N+]([O-])c1ccc(N2CCCC(F)(F)C2)cc1CO. The number of hydrogen-bond donors (Lipinski definition) is 1. The lowest BCUT2D eigenvalue weighted by molar-refractivity contribution is -0.385. The van der Waals surface area contributed by atoms with Gasteiger partial charge in [-0.3, -0.25) is 10.1 Å². The number of halogens is 2. The summed E-state index contributed by atoms with van der Waals surface area (Å²) in [5.41, 5.74) is 0.417. The van der Waals surface area contributed by atoms with Crippen LogP contribution in [0.2, 0.25) is 0 Å². The van der Waals surface area contributed by atoms with Crippen molar-refractivity contribution in [3.05, 3.63) is 33.9 Å². The van der Waals surface area contributed by atoms with Gasteiger partial charge in [0.1, 0.15) is 0 Å². The molecule has 1 saturated heterocycles. The fraction of sp³-hybridized carbons (Fsp3) is 0.500. The van der Waals surface area contributed by atoms with Gasteiger partial charge >= 0.3 is 0 Å². The third-order valence-corrected chi connectivity index (χ3v) is 3.19. The first-order valence-electron chi connectivity index (χ1n) is 5.94. The maximum Gasteiger partial charge on any atom is 0.275 e. The maximum atomic E-state index is 13.3. The first-order chi connectivity index (χ1) is 8.93. The molecule has 0 atom stereocenters. The maximum absolute atomic E-state index is 13.3. The Hall–Kier alpha value is -1.76. The molecule has 5 nitrogen and oxygen atoms in total. The summed E-state index contributed by atoms with van der Waals surface area (Å²) < 4.78 is 26.7. The van der Waals surface area contributed by atoms with Gasteiger partial charge in [-0.05, 0) is 18.6 Å². The van der Waals surface area contributed by atoms with Crippen LogP contribution in [0.15, 0.2) is 18.2 Å². The average molecular weight is 272 g/mol. The Morgan fingerprint density at radius 3 is 2.79 bits per heavy atom. The minimum absolute atomic E-state index is 0.136. The number of nitro benzene ring substituents is 1. The molecule has 7 heteroatoms. The number of piperidine rings is 1. The minimum atomic E-state index is -2.74. The molecule has 1 N–H and O–H groups in total. The van der Waals surface area contributed by atoms with Crippen molar-refractivity contribution in [3.8, 4) is 0 Å². The predicted octanol–water partition coefficient (Wildman–Crippen LogP) is 2.32. The van der Waals surface area contributed by atoms with E-state index in [0.29, 0.717) is 18.7 Å². The van der Waals surface area contributed by atoms with Crippen LogP contribution in [-0.4, -0.2) is 29.0 Å². The van der Waals surface area contributed by atoms with E-state index >= 15 is 0 Å². The van der Waals surface area contributed by atoms with Gasteiger partial charge in [-0.2, -0.15) is 0 Å². The van der Waals surface area contributed by atoms with E-state index in [9.17, 15) is 18.9 Å². The lowest BCUT2D eigenvalue weighted by Gasteiger charge is -2.34. The molecular weight excluding hydrogens is 258 g/mol. The summed E-state index contributed by atoms with van der Waals surface area (Å²) in [6.07, 6.45) is 0.238. The van der Waals surface area contributed by atoms with Crippen LogP contribution < -0.4 is 4.90 Å². The number of aliphatic hydroxyl groups excluding tert-OH is 1. The first-order valence-corrected chi connectivity index (χ1v) is 5.94. The third-order valence-electron chi connectivity index (χ3n) is 3.19. The van der Waals surface area contributed by atoms with Gasteiger partial charge in [0.2, 0.25) is 0 Å². The van der Waals surface area contributed by atoms with E-state index < -0.39 is 24.0 Å². The highest BCUT2D eigenvalue weighted by molar-refractivity contribution is 5.56. The van der Waals surface area contributed by atoms with Gasteiger partial charge in [-0.25, -0.2) is 8.78 Å². The first kappa shape index (κ1) is 13.7. The molecule has 0 amide bonds. The highest BCUT2D eigenvalue weighted by Crippen LogP contribution is 2.32. The molecule has 104 valence electrons. The number of alkyl halides is 2. The Morgan fingerprint density at radius 1 is 1.47 bits per heavy atom. The average Bonchev–Trinajstić information content (AvgIpc) is 2.36. The summed E-state index contributed by atoms with van der Waals surface area (Å²) in [6.45, 7) is -0.400. The normalized spacial score (nSPS) is 18.4. The van der Waals surface area contributed by atoms with E-state index in [1.807, 2.05) is 0 Å². The van der Waals surface area contributed by atoms with Gasteiger partial charge in [0, 0.05) is 24.7 Å². The summed E-state index contributed by atoms with van der Waals surface area (Å²) >= 11 is 0. The Morgan fingerprint density at radius 2 is 2.21 bits per heavy atom. The minimum Gasteiger partial charge on any atom is -0.391 e. The summed E-state index contributed by atoms with van der Waals surface area (Å²) in [4.78, 5) is 11.6. The van der Waals surface area contributed by atoms with Crippen molar-refractivity contribution < 1.29 is 18.8 Å². The topological polar surface area (TPSA) is 66.6 Å². The van der Waals surface area contributed by atoms with Crippen LogP contribution in [0.5, 0.6) is 0 Å². The molecule has 0 aliphatic carbocycles. The lowest BCUT2D eigenvalue weighted by atomic mass is 10.1. The Labute approximate surface area is 108 Å². The van der Waals surface area contributed by atoms with Gasteiger partial charge in [-0.15, -0.1) is 0 Å². The second-order valence-corrected chi connectivity index (χ2v) is 4.61. The standard InChI is InChI=1S/C12H14F2N2O3/c13-12(14)4-1-5-15(8-12)10-2-3-11(16(18)19)9(6-10)7-17/h2-3,6,17H,1,4-5,7-8H2. The number of nitrogens with zero attached hydrogens (tertiary/aromatic N) is 2. The number of benzene rings is 1. The summed E-state index contributed by atoms with van der Waals surface area (Å²) in [5, 5.41) is 19.9. The van der Waals surface area contributed by atoms with Crippen molar-refractivity contribution in [3.63, 3.8) is 0 Å². The van der Waals surface area contributed by atoms with Gasteiger partial charge in [0.15, 0.2) is 0 Å². The van der Waals surface area contributed by atoms with E-state index in [-0.39, 0.29) is 17.7 Å². The smallest absolute Gasteiger partial charge is 0.275 e. The van der Waals surface area contributed by atoms with Gasteiger partial charge in [0.25, 0.3) is 11.6 Å². The molecule has 2 rings (SSSR count). The number of anilines is 1. The monoisotopic (exact) mass is 272 g/mol. The Kier molecular flexibility index (Phi) is 3.66. The molecule has 1 aliphatic heterocycles. The van der Waals surface area contributed by atoms with Crippen LogP contribution in [0, 0.1) is 10.1 Å². The molecule has 0 unspecified atom stereocenters. The zero-order valence-corrected chi connectivity index (χ0v) is 10.2. The summed E-state index contributed by atoms with van der Waals surface area (Å²) in [6, 6.07) is 4.09. The predicted molar refractivity (Wildman–Crippen MR) is 65.4 cm³/mol. The fourth-order valence-corrected chi connectivity index (χ4v) is 2.26. The molecule has 0 aromatic heterocycles. The van der Waals surface area contributed by atoms with E-state index in [1.165, 1.54) is 23.1 Å². The molecule has 0 radical (unpaired) electrons. The molecule has 0 spiro atoms. The quantitative estimate of drug-likeness (QED) is 0.677. The number of aliphatic hydroxyl groups is 1. The molecule has 1 aliphatic rings. The summed E-state index contributed by atoms with van der Waals surface area (Å²) in [5.74, 6) is -2.74. The van der Waals surface area contributed by atoms with Crippen LogP contribution in [0.4, 0.5) is 20.2 Å². The molecule has 0 saturated carbocycles. The lowest BCUT2D eigenvalue weighted by Crippen LogP contribution is -2.42. The van der Waals surface area contributed by atoms with Crippen molar-refractivity contribution in [1.29, 1.82) is 0 Å². The van der Waals surface area contributed by atoms with Crippen LogP contribution >= 0.6 is 0 Å². The molecule has 1 fully saturated rings. The van der Waals surface area contributed by atoms with Crippen molar-refractivity contribution in [2.45, 2.75) is 25.4 Å².